The molecule has 6 heteroatoms. The second-order valence-electron chi connectivity index (χ2n) is 6.35. The van der Waals surface area contributed by atoms with Gasteiger partial charge in [-0.05, 0) is 61.4 Å². The highest BCUT2D eigenvalue weighted by Crippen LogP contribution is 2.33. The van der Waals surface area contributed by atoms with E-state index in [-0.39, 0.29) is 11.7 Å². The van der Waals surface area contributed by atoms with Gasteiger partial charge in [-0.25, -0.2) is 4.98 Å². The van der Waals surface area contributed by atoms with Crippen LogP contribution in [0.4, 0.5) is 10.8 Å². The molecule has 1 aromatic heterocycles. The van der Waals surface area contributed by atoms with Crippen molar-refractivity contribution in [1.29, 1.82) is 0 Å². The Balaban J connectivity index is 1.86. The molecule has 3 rings (SSSR count). The first-order valence-electron chi connectivity index (χ1n) is 8.67. The molecule has 0 saturated carbocycles. The number of aryl methyl sites for hydroxylation is 2. The third-order valence-corrected chi connectivity index (χ3v) is 5.59. The van der Waals surface area contributed by atoms with E-state index in [1.54, 1.807) is 23.1 Å². The summed E-state index contributed by atoms with van der Waals surface area (Å²) in [6.45, 7) is 5.48. The maximum atomic E-state index is 12.4. The molecule has 1 amide bonds. The number of hydrogen-bond acceptors (Lipinski definition) is 4. The molecule has 0 N–H and O–H groups in total. The minimum Gasteiger partial charge on any atom is -0.289 e. The Labute approximate surface area is 176 Å². The predicted molar refractivity (Wildman–Crippen MR) is 118 cm³/mol. The van der Waals surface area contributed by atoms with Crippen LogP contribution in [0.3, 0.4) is 0 Å². The largest absolute Gasteiger partial charge is 0.289 e. The molecule has 0 saturated heterocycles. The number of hydrogen-bond donors (Lipinski definition) is 0. The first kappa shape index (κ1) is 20.2. The van der Waals surface area contributed by atoms with Crippen LogP contribution in [0.2, 0.25) is 0 Å². The number of thiazole rings is 1. The Hall–Kier alpha value is -2.57. The standard InChI is InChI=1S/C22H19BrN2O2S/c1-14-5-4-6-15(2)21(14)25(16(3)26)22-24-19(13-28-22)11-12-20(27)17-7-9-18(23)10-8-17/h4-13H,1-3H3. The van der Waals surface area contributed by atoms with Crippen LogP contribution in [0.5, 0.6) is 0 Å². The maximum Gasteiger partial charge on any atom is 0.230 e. The molecule has 0 aliphatic heterocycles. The van der Waals surface area contributed by atoms with E-state index < -0.39 is 0 Å². The zero-order chi connectivity index (χ0) is 20.3. The van der Waals surface area contributed by atoms with Crippen LogP contribution in [0, 0.1) is 13.8 Å². The topological polar surface area (TPSA) is 50.3 Å². The molecule has 0 unspecified atom stereocenters. The number of rotatable bonds is 5. The average Bonchev–Trinajstić information content (AvgIpc) is 3.11. The fourth-order valence-electron chi connectivity index (χ4n) is 2.87. The summed E-state index contributed by atoms with van der Waals surface area (Å²) < 4.78 is 0.924. The summed E-state index contributed by atoms with van der Waals surface area (Å²) in [6, 6.07) is 13.1. The summed E-state index contributed by atoms with van der Waals surface area (Å²) >= 11 is 4.73. The minimum absolute atomic E-state index is 0.0970. The van der Waals surface area contributed by atoms with Crippen LogP contribution >= 0.6 is 27.3 Å². The molecule has 0 radical (unpaired) electrons. The second kappa shape index (κ2) is 8.63. The van der Waals surface area contributed by atoms with Crippen LogP contribution in [0.25, 0.3) is 6.08 Å². The zero-order valence-corrected chi connectivity index (χ0v) is 18.2. The van der Waals surface area contributed by atoms with Gasteiger partial charge < -0.3 is 0 Å². The van der Waals surface area contributed by atoms with Crippen LogP contribution in [-0.2, 0) is 4.79 Å². The van der Waals surface area contributed by atoms with Gasteiger partial charge >= 0.3 is 0 Å². The van der Waals surface area contributed by atoms with Crippen LogP contribution in [0.1, 0.15) is 34.1 Å². The number of benzene rings is 2. The van der Waals surface area contributed by atoms with E-state index in [9.17, 15) is 9.59 Å². The molecule has 3 aromatic rings. The lowest BCUT2D eigenvalue weighted by molar-refractivity contribution is -0.115. The molecule has 0 bridgehead atoms. The Kier molecular flexibility index (Phi) is 6.21. The summed E-state index contributed by atoms with van der Waals surface area (Å²) in [5.41, 5.74) is 4.12. The molecular weight excluding hydrogens is 436 g/mol. The summed E-state index contributed by atoms with van der Waals surface area (Å²) in [4.78, 5) is 30.8. The quantitative estimate of drug-likeness (QED) is 0.345. The fraction of sp³-hybridized carbons (Fsp3) is 0.136. The molecule has 2 aromatic carbocycles. The van der Waals surface area contributed by atoms with E-state index in [4.69, 9.17) is 0 Å². The summed E-state index contributed by atoms with van der Waals surface area (Å²) in [5.74, 6) is -0.201. The first-order chi connectivity index (χ1) is 13.4. The second-order valence-corrected chi connectivity index (χ2v) is 8.11. The van der Waals surface area contributed by atoms with Gasteiger partial charge in [0, 0.05) is 22.3 Å². The van der Waals surface area contributed by atoms with Crippen molar-refractivity contribution in [2.75, 3.05) is 4.90 Å². The Morgan fingerprint density at radius 1 is 1.07 bits per heavy atom. The van der Waals surface area contributed by atoms with Gasteiger partial charge in [0.2, 0.25) is 5.91 Å². The van der Waals surface area contributed by atoms with Crippen molar-refractivity contribution in [3.8, 4) is 0 Å². The Bertz CT molecular complexity index is 1030. The fourth-order valence-corrected chi connectivity index (χ4v) is 3.98. The van der Waals surface area contributed by atoms with Crippen LogP contribution in [-0.4, -0.2) is 16.7 Å². The number of allylic oxidation sites excluding steroid dienone is 1. The van der Waals surface area contributed by atoms with Gasteiger partial charge in [0.25, 0.3) is 0 Å². The lowest BCUT2D eigenvalue weighted by Crippen LogP contribution is -2.24. The number of aromatic nitrogens is 1. The lowest BCUT2D eigenvalue weighted by Gasteiger charge is -2.22. The van der Waals surface area contributed by atoms with Gasteiger partial charge in [0.05, 0.1) is 11.4 Å². The summed E-state index contributed by atoms with van der Waals surface area (Å²) in [6.07, 6.45) is 3.17. The summed E-state index contributed by atoms with van der Waals surface area (Å²) in [5, 5.41) is 2.42. The molecule has 0 aliphatic rings. The van der Waals surface area contributed by atoms with Crippen molar-refractivity contribution in [3.05, 3.63) is 80.8 Å². The Morgan fingerprint density at radius 2 is 1.71 bits per heavy atom. The van der Waals surface area contributed by atoms with Crippen molar-refractivity contribution in [2.45, 2.75) is 20.8 Å². The monoisotopic (exact) mass is 454 g/mol. The molecular formula is C22H19BrN2O2S. The van der Waals surface area contributed by atoms with E-state index >= 15 is 0 Å². The molecule has 4 nitrogen and oxygen atoms in total. The smallest absolute Gasteiger partial charge is 0.230 e. The lowest BCUT2D eigenvalue weighted by atomic mass is 10.1. The number of carbonyl (C=O) groups excluding carboxylic acids is 2. The third kappa shape index (κ3) is 4.46. The molecule has 0 spiro atoms. The van der Waals surface area contributed by atoms with E-state index in [1.165, 1.54) is 24.3 Å². The van der Waals surface area contributed by atoms with Gasteiger partial charge in [-0.2, -0.15) is 0 Å². The molecule has 1 heterocycles. The summed E-state index contributed by atoms with van der Waals surface area (Å²) in [7, 11) is 0. The number of amides is 1. The minimum atomic E-state index is -0.104. The van der Waals surface area contributed by atoms with Gasteiger partial charge in [0.1, 0.15) is 0 Å². The predicted octanol–water partition coefficient (Wildman–Crippen LogP) is 6.10. The van der Waals surface area contributed by atoms with E-state index in [0.29, 0.717) is 16.4 Å². The van der Waals surface area contributed by atoms with E-state index in [2.05, 4.69) is 20.9 Å². The van der Waals surface area contributed by atoms with E-state index in [0.717, 1.165) is 21.3 Å². The highest BCUT2D eigenvalue weighted by molar-refractivity contribution is 9.10. The number of ketones is 1. The van der Waals surface area contributed by atoms with Gasteiger partial charge in [-0.15, -0.1) is 11.3 Å². The molecule has 0 aliphatic carbocycles. The normalized spacial score (nSPS) is 11.0. The number of para-hydroxylation sites is 1. The Morgan fingerprint density at radius 3 is 2.32 bits per heavy atom. The van der Waals surface area contributed by atoms with Gasteiger partial charge in [0.15, 0.2) is 10.9 Å². The maximum absolute atomic E-state index is 12.4. The molecule has 0 fully saturated rings. The van der Waals surface area contributed by atoms with E-state index in [1.807, 2.05) is 49.6 Å². The highest BCUT2D eigenvalue weighted by Gasteiger charge is 2.21. The van der Waals surface area contributed by atoms with Crippen molar-refractivity contribution in [2.24, 2.45) is 0 Å². The SMILES string of the molecule is CC(=O)N(c1nc(C=CC(=O)c2ccc(Br)cc2)cs1)c1c(C)cccc1C. The average molecular weight is 455 g/mol. The molecule has 142 valence electrons. The van der Waals surface area contributed by atoms with Crippen molar-refractivity contribution >= 4 is 55.9 Å². The van der Waals surface area contributed by atoms with Crippen molar-refractivity contribution in [1.82, 2.24) is 4.98 Å². The number of halogens is 1. The highest BCUT2D eigenvalue weighted by atomic mass is 79.9. The van der Waals surface area contributed by atoms with Crippen molar-refractivity contribution < 1.29 is 9.59 Å². The molecule has 0 atom stereocenters. The van der Waals surface area contributed by atoms with Crippen molar-refractivity contribution in [3.63, 3.8) is 0 Å². The zero-order valence-electron chi connectivity index (χ0n) is 15.8. The van der Waals surface area contributed by atoms with Crippen LogP contribution in [0.15, 0.2) is 58.4 Å². The third-order valence-electron chi connectivity index (χ3n) is 4.21. The first-order valence-corrected chi connectivity index (χ1v) is 10.3. The van der Waals surface area contributed by atoms with Gasteiger partial charge in [-0.3, -0.25) is 14.5 Å². The number of nitrogens with zero attached hydrogens (tertiary/aromatic N) is 2. The number of anilines is 2. The molecule has 28 heavy (non-hydrogen) atoms. The van der Waals surface area contributed by atoms with Gasteiger partial charge in [-0.1, -0.05) is 34.1 Å². The van der Waals surface area contributed by atoms with Crippen LogP contribution < -0.4 is 4.90 Å². The number of carbonyl (C=O) groups is 2.